The second kappa shape index (κ2) is 13.0. The summed E-state index contributed by atoms with van der Waals surface area (Å²) in [6.07, 6.45) is 19.0. The van der Waals surface area contributed by atoms with Crippen LogP contribution >= 0.6 is 0 Å². The lowest BCUT2D eigenvalue weighted by Gasteiger charge is -2.28. The molecule has 0 unspecified atom stereocenters. The lowest BCUT2D eigenvalue weighted by atomic mass is 9.95. The van der Waals surface area contributed by atoms with E-state index >= 15 is 0 Å². The third-order valence-electron chi connectivity index (χ3n) is 6.54. The van der Waals surface area contributed by atoms with Gasteiger partial charge in [0.05, 0.1) is 19.8 Å². The molecule has 0 radical (unpaired) electrons. The Labute approximate surface area is 205 Å². The number of allylic oxidation sites excluding steroid dienone is 10. The van der Waals surface area contributed by atoms with Gasteiger partial charge in [-0.05, 0) is 68.5 Å². The quantitative estimate of drug-likeness (QED) is 0.352. The van der Waals surface area contributed by atoms with E-state index in [-0.39, 0.29) is 0 Å². The molecule has 34 heavy (non-hydrogen) atoms. The highest BCUT2D eigenvalue weighted by atomic mass is 16.5. The van der Waals surface area contributed by atoms with Crippen molar-refractivity contribution < 1.29 is 14.2 Å². The van der Waals surface area contributed by atoms with E-state index in [2.05, 4.69) is 49.6 Å². The van der Waals surface area contributed by atoms with E-state index in [1.54, 1.807) is 20.3 Å². The fourth-order valence-electron chi connectivity index (χ4n) is 4.52. The standard InChI is InChI=1S/C30H39NO3/c1-6-7-9-14-23(2)27-16-11-10-15-25(24(27)3)22-34-26-19-29(32-4)28(30(20-26)33-5)21-31-17-12-8-13-18-31/h6-7,9-11,14,16,19-20H,1,8,12-13,15,17-18,21-22H2,2-5H3/b9-7-,23-14+. The molecule has 182 valence electrons. The van der Waals surface area contributed by atoms with Crippen molar-refractivity contribution >= 4 is 0 Å². The SMILES string of the molecule is C=C/C=C\C=C(/C)C1=CC=CCC(COc2cc(OC)c(CN3CCCCC3)c(OC)c2)=C1C. The van der Waals surface area contributed by atoms with Gasteiger partial charge in [-0.2, -0.15) is 0 Å². The largest absolute Gasteiger partial charge is 0.496 e. The van der Waals surface area contributed by atoms with Gasteiger partial charge < -0.3 is 14.2 Å². The second-order valence-electron chi connectivity index (χ2n) is 8.84. The Kier molecular flexibility index (Phi) is 9.84. The summed E-state index contributed by atoms with van der Waals surface area (Å²) in [5, 5.41) is 0. The molecule has 3 rings (SSSR count). The molecule has 1 saturated heterocycles. The lowest BCUT2D eigenvalue weighted by Crippen LogP contribution is -2.29. The number of hydrogen-bond acceptors (Lipinski definition) is 4. The van der Waals surface area contributed by atoms with Crippen molar-refractivity contribution in [3.63, 3.8) is 0 Å². The molecule has 1 aromatic rings. The van der Waals surface area contributed by atoms with Gasteiger partial charge in [-0.3, -0.25) is 4.90 Å². The maximum Gasteiger partial charge on any atom is 0.130 e. The Hall–Kier alpha value is -2.98. The number of methoxy groups -OCH3 is 2. The zero-order chi connectivity index (χ0) is 24.3. The first-order valence-corrected chi connectivity index (χ1v) is 12.2. The molecule has 0 aromatic heterocycles. The van der Waals surface area contributed by atoms with Gasteiger partial charge in [-0.25, -0.2) is 0 Å². The molecule has 0 saturated carbocycles. The predicted octanol–water partition coefficient (Wildman–Crippen LogP) is 6.96. The monoisotopic (exact) mass is 461 g/mol. The van der Waals surface area contributed by atoms with Crippen LogP contribution in [-0.4, -0.2) is 38.8 Å². The molecule has 1 aliphatic carbocycles. The van der Waals surface area contributed by atoms with Gasteiger partial charge >= 0.3 is 0 Å². The Morgan fingerprint density at radius 3 is 2.41 bits per heavy atom. The van der Waals surface area contributed by atoms with Crippen molar-refractivity contribution in [2.75, 3.05) is 33.9 Å². The molecule has 2 aliphatic rings. The number of benzene rings is 1. The van der Waals surface area contributed by atoms with Crippen molar-refractivity contribution in [3.05, 3.63) is 89.1 Å². The lowest BCUT2D eigenvalue weighted by molar-refractivity contribution is 0.214. The average Bonchev–Trinajstić information content (AvgIpc) is 3.05. The Balaban J connectivity index is 1.79. The van der Waals surface area contributed by atoms with Gasteiger partial charge in [-0.15, -0.1) is 0 Å². The van der Waals surface area contributed by atoms with Gasteiger partial charge in [0.1, 0.15) is 23.9 Å². The zero-order valence-corrected chi connectivity index (χ0v) is 21.2. The Bertz CT molecular complexity index is 979. The van der Waals surface area contributed by atoms with Crippen LogP contribution in [-0.2, 0) is 6.54 Å². The van der Waals surface area contributed by atoms with E-state index < -0.39 is 0 Å². The molecular weight excluding hydrogens is 422 g/mol. The molecular formula is C30H39NO3. The number of piperidine rings is 1. The average molecular weight is 462 g/mol. The van der Waals surface area contributed by atoms with Crippen LogP contribution in [0.2, 0.25) is 0 Å². The number of likely N-dealkylation sites (tertiary alicyclic amines) is 1. The summed E-state index contributed by atoms with van der Waals surface area (Å²) in [7, 11) is 3.43. The number of rotatable bonds is 10. The minimum Gasteiger partial charge on any atom is -0.496 e. The van der Waals surface area contributed by atoms with Crippen LogP contribution in [0.5, 0.6) is 17.2 Å². The Morgan fingerprint density at radius 2 is 1.76 bits per heavy atom. The van der Waals surface area contributed by atoms with Crippen molar-refractivity contribution in [1.82, 2.24) is 4.90 Å². The maximum absolute atomic E-state index is 6.29. The molecule has 0 spiro atoms. The van der Waals surface area contributed by atoms with Gasteiger partial charge in [-0.1, -0.05) is 55.5 Å². The number of hydrogen-bond donors (Lipinski definition) is 0. The second-order valence-corrected chi connectivity index (χ2v) is 8.84. The van der Waals surface area contributed by atoms with Gasteiger partial charge in [0, 0.05) is 18.7 Å². The summed E-state index contributed by atoms with van der Waals surface area (Å²) in [5.74, 6) is 2.40. The van der Waals surface area contributed by atoms with Crippen molar-refractivity contribution in [2.45, 2.75) is 46.1 Å². The van der Waals surface area contributed by atoms with Gasteiger partial charge in [0.15, 0.2) is 0 Å². The molecule has 0 atom stereocenters. The van der Waals surface area contributed by atoms with Gasteiger partial charge in [0.2, 0.25) is 0 Å². The van der Waals surface area contributed by atoms with Crippen molar-refractivity contribution in [3.8, 4) is 17.2 Å². The first-order valence-electron chi connectivity index (χ1n) is 12.2. The van der Waals surface area contributed by atoms with Crippen LogP contribution in [0, 0.1) is 0 Å². The first-order chi connectivity index (χ1) is 16.6. The molecule has 4 heteroatoms. The molecule has 0 amide bonds. The fraction of sp³-hybridized carbons (Fsp3) is 0.400. The number of ether oxygens (including phenoxy) is 3. The summed E-state index contributed by atoms with van der Waals surface area (Å²) in [4.78, 5) is 2.48. The zero-order valence-electron chi connectivity index (χ0n) is 21.2. The molecule has 0 bridgehead atoms. The summed E-state index contributed by atoms with van der Waals surface area (Å²) in [6, 6.07) is 3.98. The van der Waals surface area contributed by atoms with Crippen LogP contribution in [0.1, 0.15) is 45.1 Å². The van der Waals surface area contributed by atoms with Crippen LogP contribution in [0.3, 0.4) is 0 Å². The van der Waals surface area contributed by atoms with Crippen LogP contribution < -0.4 is 14.2 Å². The van der Waals surface area contributed by atoms with Crippen LogP contribution in [0.25, 0.3) is 0 Å². The number of nitrogens with zero attached hydrogens (tertiary/aromatic N) is 1. The predicted molar refractivity (Wildman–Crippen MR) is 142 cm³/mol. The summed E-state index contributed by atoms with van der Waals surface area (Å²) in [5.41, 5.74) is 6.05. The van der Waals surface area contributed by atoms with E-state index in [1.165, 1.54) is 41.6 Å². The molecule has 1 fully saturated rings. The van der Waals surface area contributed by atoms with E-state index in [0.717, 1.165) is 48.9 Å². The summed E-state index contributed by atoms with van der Waals surface area (Å²) < 4.78 is 17.8. The molecule has 1 aliphatic heterocycles. The highest BCUT2D eigenvalue weighted by Gasteiger charge is 2.19. The summed E-state index contributed by atoms with van der Waals surface area (Å²) >= 11 is 0. The minimum absolute atomic E-state index is 0.515. The van der Waals surface area contributed by atoms with E-state index in [1.807, 2.05) is 24.3 Å². The normalized spacial score (nSPS) is 17.5. The van der Waals surface area contributed by atoms with E-state index in [4.69, 9.17) is 14.2 Å². The molecule has 1 aromatic carbocycles. The molecule has 0 N–H and O–H groups in total. The topological polar surface area (TPSA) is 30.9 Å². The smallest absolute Gasteiger partial charge is 0.130 e. The first kappa shape index (κ1) is 25.6. The van der Waals surface area contributed by atoms with E-state index in [9.17, 15) is 0 Å². The van der Waals surface area contributed by atoms with Crippen LogP contribution in [0.4, 0.5) is 0 Å². The highest BCUT2D eigenvalue weighted by Crippen LogP contribution is 2.36. The minimum atomic E-state index is 0.515. The third-order valence-corrected chi connectivity index (χ3v) is 6.54. The fourth-order valence-corrected chi connectivity index (χ4v) is 4.52. The summed E-state index contributed by atoms with van der Waals surface area (Å²) in [6.45, 7) is 11.6. The Morgan fingerprint density at radius 1 is 1.06 bits per heavy atom. The highest BCUT2D eigenvalue weighted by molar-refractivity contribution is 5.53. The third kappa shape index (κ3) is 6.77. The van der Waals surface area contributed by atoms with E-state index in [0.29, 0.717) is 6.61 Å². The molecule has 4 nitrogen and oxygen atoms in total. The van der Waals surface area contributed by atoms with Crippen LogP contribution in [0.15, 0.2) is 83.5 Å². The van der Waals surface area contributed by atoms with Crippen molar-refractivity contribution in [1.29, 1.82) is 0 Å². The van der Waals surface area contributed by atoms with Gasteiger partial charge in [0.25, 0.3) is 0 Å². The molecule has 1 heterocycles. The maximum atomic E-state index is 6.29. The van der Waals surface area contributed by atoms with Crippen molar-refractivity contribution in [2.24, 2.45) is 0 Å².